The summed E-state index contributed by atoms with van der Waals surface area (Å²) >= 11 is 0. The van der Waals surface area contributed by atoms with Gasteiger partial charge in [-0.05, 0) is 61.7 Å². The third-order valence-electron chi connectivity index (χ3n) is 5.02. The highest BCUT2D eigenvalue weighted by Crippen LogP contribution is 2.25. The summed E-state index contributed by atoms with van der Waals surface area (Å²) in [6.45, 7) is 6.39. The van der Waals surface area contributed by atoms with E-state index in [4.69, 9.17) is 5.10 Å². The number of aryl methyl sites for hydroxylation is 4. The van der Waals surface area contributed by atoms with E-state index in [0.717, 1.165) is 27.9 Å². The third-order valence-corrected chi connectivity index (χ3v) is 5.02. The van der Waals surface area contributed by atoms with Crippen molar-refractivity contribution in [3.63, 3.8) is 0 Å². The number of anilines is 1. The molecule has 2 aromatic heterocycles. The van der Waals surface area contributed by atoms with Crippen molar-refractivity contribution in [1.82, 2.24) is 9.55 Å². The average Bonchev–Trinajstić information content (AvgIpc) is 2.69. The largest absolute Gasteiger partial charge is 0.327 e. The van der Waals surface area contributed by atoms with Gasteiger partial charge in [0.05, 0.1) is 0 Å². The Morgan fingerprint density at radius 1 is 0.893 bits per heavy atom. The summed E-state index contributed by atoms with van der Waals surface area (Å²) in [6, 6.07) is 21.0. The molecule has 4 nitrogen and oxygen atoms in total. The van der Waals surface area contributed by atoms with Crippen molar-refractivity contribution in [1.29, 1.82) is 0 Å². The fourth-order valence-corrected chi connectivity index (χ4v) is 3.55. The molecule has 0 radical (unpaired) electrons. The zero-order valence-corrected chi connectivity index (χ0v) is 16.7. The number of rotatable bonds is 3. The molecule has 0 spiro atoms. The zero-order chi connectivity index (χ0) is 19.7. The van der Waals surface area contributed by atoms with E-state index in [1.807, 2.05) is 18.2 Å². The van der Waals surface area contributed by atoms with Crippen molar-refractivity contribution in [3.8, 4) is 11.1 Å². The lowest BCUT2D eigenvalue weighted by Crippen LogP contribution is -2.23. The Balaban J connectivity index is 2.00. The van der Waals surface area contributed by atoms with Gasteiger partial charge in [0, 0.05) is 29.7 Å². The second-order valence-electron chi connectivity index (χ2n) is 7.26. The summed E-state index contributed by atoms with van der Waals surface area (Å²) in [4.78, 5) is 4.31. The fourth-order valence-electron chi connectivity index (χ4n) is 3.55. The Kier molecular flexibility index (Phi) is 4.70. The van der Waals surface area contributed by atoms with Crippen LogP contribution in [0.15, 0.2) is 72.0 Å². The van der Waals surface area contributed by atoms with Crippen LogP contribution in [0.2, 0.25) is 0 Å². The number of fused-ring (bicyclic) bond motifs is 1. The summed E-state index contributed by atoms with van der Waals surface area (Å²) in [5, 5.41) is 5.97. The molecule has 0 saturated heterocycles. The summed E-state index contributed by atoms with van der Waals surface area (Å²) in [5.41, 5.74) is 11.1. The molecule has 4 aromatic rings. The molecule has 4 rings (SSSR count). The molecule has 28 heavy (non-hydrogen) atoms. The molecule has 0 fully saturated rings. The van der Waals surface area contributed by atoms with Gasteiger partial charge in [0.2, 0.25) is 0 Å². The normalized spacial score (nSPS) is 11.8. The van der Waals surface area contributed by atoms with Gasteiger partial charge in [0.15, 0.2) is 5.49 Å². The van der Waals surface area contributed by atoms with E-state index in [2.05, 4.69) is 85.3 Å². The highest BCUT2D eigenvalue weighted by atomic mass is 15.3. The molecule has 2 heterocycles. The molecular weight excluding hydrogens is 344 g/mol. The lowest BCUT2D eigenvalue weighted by Gasteiger charge is -2.15. The first-order chi connectivity index (χ1) is 13.5. The molecule has 0 bridgehead atoms. The zero-order valence-electron chi connectivity index (χ0n) is 16.7. The second kappa shape index (κ2) is 7.31. The highest BCUT2D eigenvalue weighted by molar-refractivity contribution is 5.87. The van der Waals surface area contributed by atoms with Crippen LogP contribution in [0.4, 0.5) is 5.82 Å². The average molecular weight is 368 g/mol. The number of aromatic nitrogens is 2. The van der Waals surface area contributed by atoms with E-state index < -0.39 is 0 Å². The molecule has 0 unspecified atom stereocenters. The summed E-state index contributed by atoms with van der Waals surface area (Å²) < 4.78 is 2.15. The number of hydrogen-bond acceptors (Lipinski definition) is 3. The van der Waals surface area contributed by atoms with Crippen molar-refractivity contribution in [3.05, 3.63) is 89.0 Å². The molecule has 0 saturated carbocycles. The van der Waals surface area contributed by atoms with Crippen molar-refractivity contribution >= 4 is 16.7 Å². The lowest BCUT2D eigenvalue weighted by atomic mass is 10.00. The van der Waals surface area contributed by atoms with E-state index in [0.29, 0.717) is 0 Å². The SMILES string of the molecule is Cc1ccc(-c2cc3c(C)cc(C)cc3n(C)/c2=N\Nc2ccccn2)cc1. The van der Waals surface area contributed by atoms with Crippen LogP contribution in [-0.4, -0.2) is 9.55 Å². The highest BCUT2D eigenvalue weighted by Gasteiger charge is 2.10. The van der Waals surface area contributed by atoms with Crippen molar-refractivity contribution in [2.75, 3.05) is 5.43 Å². The summed E-state index contributed by atoms with van der Waals surface area (Å²) in [5.74, 6) is 0.720. The first-order valence-electron chi connectivity index (χ1n) is 9.42. The second-order valence-corrected chi connectivity index (χ2v) is 7.26. The maximum Gasteiger partial charge on any atom is 0.161 e. The van der Waals surface area contributed by atoms with Gasteiger partial charge in [-0.2, -0.15) is 5.10 Å². The van der Waals surface area contributed by atoms with Gasteiger partial charge in [-0.3, -0.25) is 5.43 Å². The topological polar surface area (TPSA) is 42.2 Å². The van der Waals surface area contributed by atoms with E-state index >= 15 is 0 Å². The van der Waals surface area contributed by atoms with Gasteiger partial charge in [-0.15, -0.1) is 0 Å². The van der Waals surface area contributed by atoms with Crippen LogP contribution in [0.3, 0.4) is 0 Å². The number of benzene rings is 2. The van der Waals surface area contributed by atoms with Gasteiger partial charge < -0.3 is 4.57 Å². The quantitative estimate of drug-likeness (QED) is 0.512. The lowest BCUT2D eigenvalue weighted by molar-refractivity contribution is 0.865. The van der Waals surface area contributed by atoms with Crippen LogP contribution >= 0.6 is 0 Å². The molecule has 0 aliphatic rings. The van der Waals surface area contributed by atoms with Crippen LogP contribution < -0.4 is 10.9 Å². The first-order valence-corrected chi connectivity index (χ1v) is 9.42. The van der Waals surface area contributed by atoms with E-state index in [1.165, 1.54) is 22.1 Å². The van der Waals surface area contributed by atoms with Gasteiger partial charge >= 0.3 is 0 Å². The van der Waals surface area contributed by atoms with Crippen LogP contribution in [0.25, 0.3) is 22.0 Å². The smallest absolute Gasteiger partial charge is 0.161 e. The maximum atomic E-state index is 4.73. The van der Waals surface area contributed by atoms with Crippen LogP contribution in [0, 0.1) is 20.8 Å². The standard InChI is InChI=1S/C24H24N4/c1-16-8-10-19(11-9-16)21-15-20-18(3)13-17(2)14-22(20)28(4)24(21)27-26-23-7-5-6-12-25-23/h5-15H,1-4H3,(H,25,26)/b27-24-. The Labute approximate surface area is 165 Å². The molecule has 1 N–H and O–H groups in total. The van der Waals surface area contributed by atoms with Crippen molar-refractivity contribution < 1.29 is 0 Å². The van der Waals surface area contributed by atoms with Gasteiger partial charge in [0.25, 0.3) is 0 Å². The molecule has 0 atom stereocenters. The molecule has 0 aliphatic heterocycles. The predicted octanol–water partition coefficient (Wildman–Crippen LogP) is 5.09. The Hall–Kier alpha value is -3.40. The molecule has 0 aliphatic carbocycles. The Morgan fingerprint density at radius 3 is 2.39 bits per heavy atom. The van der Waals surface area contributed by atoms with Crippen molar-refractivity contribution in [2.24, 2.45) is 12.1 Å². The predicted molar refractivity (Wildman–Crippen MR) is 116 cm³/mol. The maximum absolute atomic E-state index is 4.73. The van der Waals surface area contributed by atoms with Gasteiger partial charge in [-0.25, -0.2) is 4.98 Å². The molecular formula is C24H24N4. The first kappa shape index (κ1) is 18.0. The minimum atomic E-state index is 0.720. The summed E-state index contributed by atoms with van der Waals surface area (Å²) in [7, 11) is 2.07. The summed E-state index contributed by atoms with van der Waals surface area (Å²) in [6.07, 6.45) is 1.76. The van der Waals surface area contributed by atoms with E-state index in [-0.39, 0.29) is 0 Å². The minimum Gasteiger partial charge on any atom is -0.327 e. The molecule has 0 amide bonds. The number of pyridine rings is 2. The van der Waals surface area contributed by atoms with Crippen LogP contribution in [-0.2, 0) is 7.05 Å². The Morgan fingerprint density at radius 2 is 1.68 bits per heavy atom. The monoisotopic (exact) mass is 368 g/mol. The molecule has 140 valence electrons. The van der Waals surface area contributed by atoms with Gasteiger partial charge in [-0.1, -0.05) is 42.0 Å². The van der Waals surface area contributed by atoms with Crippen molar-refractivity contribution in [2.45, 2.75) is 20.8 Å². The number of nitrogens with one attached hydrogen (secondary N) is 1. The third kappa shape index (κ3) is 3.41. The molecule has 4 heteroatoms. The minimum absolute atomic E-state index is 0.720. The van der Waals surface area contributed by atoms with E-state index in [1.54, 1.807) is 6.20 Å². The van der Waals surface area contributed by atoms with E-state index in [9.17, 15) is 0 Å². The fraction of sp³-hybridized carbons (Fsp3) is 0.167. The number of nitrogens with zero attached hydrogens (tertiary/aromatic N) is 3. The van der Waals surface area contributed by atoms with Crippen LogP contribution in [0.1, 0.15) is 16.7 Å². The number of hydrogen-bond donors (Lipinski definition) is 1. The van der Waals surface area contributed by atoms with Crippen LogP contribution in [0.5, 0.6) is 0 Å². The Bertz CT molecular complexity index is 1200. The van der Waals surface area contributed by atoms with Gasteiger partial charge in [0.1, 0.15) is 5.82 Å². The molecule has 2 aromatic carbocycles.